The first-order valence-corrected chi connectivity index (χ1v) is 6.75. The van der Waals surface area contributed by atoms with Crippen LogP contribution in [0, 0.1) is 0 Å². The lowest BCUT2D eigenvalue weighted by Crippen LogP contribution is -2.42. The first-order chi connectivity index (χ1) is 7.18. The van der Waals surface area contributed by atoms with Crippen molar-refractivity contribution in [1.82, 2.24) is 10.4 Å². The summed E-state index contributed by atoms with van der Waals surface area (Å²) in [5, 5.41) is 3.50. The van der Waals surface area contributed by atoms with E-state index in [0.29, 0.717) is 10.1 Å². The van der Waals surface area contributed by atoms with E-state index < -0.39 is 0 Å². The summed E-state index contributed by atoms with van der Waals surface area (Å²) < 4.78 is 0.614. The fourth-order valence-electron chi connectivity index (χ4n) is 1.27. The minimum absolute atomic E-state index is 0.0356. The van der Waals surface area contributed by atoms with Gasteiger partial charge in [-0.15, -0.1) is 11.3 Å². The Balaban J connectivity index is 2.02. The van der Waals surface area contributed by atoms with Crippen molar-refractivity contribution in [3.8, 4) is 0 Å². The summed E-state index contributed by atoms with van der Waals surface area (Å²) >= 11 is 8.14. The van der Waals surface area contributed by atoms with Crippen molar-refractivity contribution in [2.45, 2.75) is 13.0 Å². The highest BCUT2D eigenvalue weighted by Gasteiger charge is 2.28. The van der Waals surface area contributed by atoms with Gasteiger partial charge in [0.25, 0.3) is 5.91 Å². The van der Waals surface area contributed by atoms with E-state index in [0.717, 1.165) is 0 Å². The molecule has 80 valence electrons. The Kier molecular flexibility index (Phi) is 3.40. The molecule has 2 heterocycles. The quantitative estimate of drug-likeness (QED) is 0.842. The smallest absolute Gasteiger partial charge is 0.253 e. The van der Waals surface area contributed by atoms with Crippen LogP contribution < -0.4 is 5.43 Å². The average Bonchev–Trinajstić information content (AvgIpc) is 2.82. The van der Waals surface area contributed by atoms with Crippen LogP contribution in [0.3, 0.4) is 0 Å². The zero-order valence-corrected chi connectivity index (χ0v) is 10.5. The number of amides is 1. The Labute approximate surface area is 102 Å². The van der Waals surface area contributed by atoms with Gasteiger partial charge in [-0.2, -0.15) is 0 Å². The third-order valence-corrected chi connectivity index (χ3v) is 4.46. The molecule has 0 aromatic carbocycles. The van der Waals surface area contributed by atoms with Crippen molar-refractivity contribution in [1.29, 1.82) is 0 Å². The van der Waals surface area contributed by atoms with Gasteiger partial charge in [-0.1, -0.05) is 30.0 Å². The van der Waals surface area contributed by atoms with Crippen LogP contribution in [-0.4, -0.2) is 21.0 Å². The van der Waals surface area contributed by atoms with Crippen molar-refractivity contribution >= 4 is 45.5 Å². The van der Waals surface area contributed by atoms with Gasteiger partial charge in [0.1, 0.15) is 0 Å². The third kappa shape index (κ3) is 2.39. The lowest BCUT2D eigenvalue weighted by molar-refractivity contribution is -0.126. The number of hydrogen-bond acceptors (Lipinski definition) is 5. The highest BCUT2D eigenvalue weighted by atomic mass is 32.2. The van der Waals surface area contributed by atoms with Gasteiger partial charge in [0, 0.05) is 4.88 Å². The second-order valence-corrected chi connectivity index (χ2v) is 5.74. The number of thiocarbonyl (C=S) groups is 1. The predicted octanol–water partition coefficient (Wildman–Crippen LogP) is 2.17. The lowest BCUT2D eigenvalue weighted by Gasteiger charge is -2.20. The predicted molar refractivity (Wildman–Crippen MR) is 67.8 cm³/mol. The molecule has 1 aliphatic heterocycles. The first-order valence-electron chi connectivity index (χ1n) is 4.48. The zero-order valence-electron chi connectivity index (χ0n) is 8.10. The van der Waals surface area contributed by atoms with E-state index in [1.54, 1.807) is 11.3 Å². The van der Waals surface area contributed by atoms with Gasteiger partial charge in [0.15, 0.2) is 4.32 Å². The molecular weight excluding hydrogens is 248 g/mol. The van der Waals surface area contributed by atoms with Gasteiger partial charge in [-0.25, -0.2) is 10.4 Å². The Morgan fingerprint density at radius 3 is 3.00 bits per heavy atom. The SMILES string of the molecule is CC(NN1C(=O)CSC1=S)c1cccs1. The van der Waals surface area contributed by atoms with E-state index in [2.05, 4.69) is 5.43 Å². The summed E-state index contributed by atoms with van der Waals surface area (Å²) in [7, 11) is 0. The van der Waals surface area contributed by atoms with E-state index in [-0.39, 0.29) is 11.9 Å². The van der Waals surface area contributed by atoms with Crippen LogP contribution in [0.15, 0.2) is 17.5 Å². The number of hydrazine groups is 1. The van der Waals surface area contributed by atoms with E-state index in [4.69, 9.17) is 12.2 Å². The Bertz CT molecular complexity index is 361. The molecule has 0 spiro atoms. The van der Waals surface area contributed by atoms with Crippen molar-refractivity contribution in [3.05, 3.63) is 22.4 Å². The molecule has 0 bridgehead atoms. The van der Waals surface area contributed by atoms with E-state index in [1.807, 2.05) is 24.4 Å². The highest BCUT2D eigenvalue weighted by molar-refractivity contribution is 8.23. The third-order valence-electron chi connectivity index (χ3n) is 2.04. The second kappa shape index (κ2) is 4.61. The monoisotopic (exact) mass is 258 g/mol. The van der Waals surface area contributed by atoms with Crippen molar-refractivity contribution in [2.24, 2.45) is 0 Å². The minimum Gasteiger partial charge on any atom is -0.272 e. The molecule has 1 aliphatic rings. The molecule has 1 aromatic heterocycles. The fraction of sp³-hybridized carbons (Fsp3) is 0.333. The first kappa shape index (κ1) is 11.1. The molecule has 1 unspecified atom stereocenters. The van der Waals surface area contributed by atoms with Gasteiger partial charge < -0.3 is 0 Å². The van der Waals surface area contributed by atoms with Gasteiger partial charge in [0.05, 0.1) is 11.8 Å². The maximum Gasteiger partial charge on any atom is 0.253 e. The average molecular weight is 258 g/mol. The zero-order chi connectivity index (χ0) is 10.8. The van der Waals surface area contributed by atoms with Gasteiger partial charge in [-0.05, 0) is 18.4 Å². The Morgan fingerprint density at radius 1 is 1.67 bits per heavy atom. The molecular formula is C9H10N2OS3. The number of hydrogen-bond donors (Lipinski definition) is 1. The molecule has 1 N–H and O–H groups in total. The topological polar surface area (TPSA) is 32.3 Å². The molecule has 1 aromatic rings. The van der Waals surface area contributed by atoms with Crippen LogP contribution in [0.5, 0.6) is 0 Å². The standard InChI is InChI=1S/C9H10N2OS3/c1-6(7-3-2-4-14-7)10-11-8(12)5-15-9(11)13/h2-4,6,10H,5H2,1H3. The van der Waals surface area contributed by atoms with Crippen LogP contribution in [-0.2, 0) is 4.79 Å². The lowest BCUT2D eigenvalue weighted by atomic mass is 10.3. The maximum absolute atomic E-state index is 11.4. The molecule has 0 saturated carbocycles. The number of rotatable bonds is 3. The maximum atomic E-state index is 11.4. The summed E-state index contributed by atoms with van der Waals surface area (Å²) in [5.41, 5.74) is 3.11. The van der Waals surface area contributed by atoms with Crippen LogP contribution in [0.1, 0.15) is 17.8 Å². The van der Waals surface area contributed by atoms with E-state index in [9.17, 15) is 4.79 Å². The van der Waals surface area contributed by atoms with Gasteiger partial charge in [0.2, 0.25) is 0 Å². The molecule has 1 fully saturated rings. The number of carbonyl (C=O) groups is 1. The fourth-order valence-corrected chi connectivity index (χ4v) is 2.99. The summed E-state index contributed by atoms with van der Waals surface area (Å²) in [4.78, 5) is 12.6. The molecule has 1 saturated heterocycles. The van der Waals surface area contributed by atoms with Gasteiger partial charge in [-0.3, -0.25) is 4.79 Å². The summed E-state index contributed by atoms with van der Waals surface area (Å²) in [6, 6.07) is 4.15. The molecule has 1 atom stereocenters. The number of thioether (sulfide) groups is 1. The van der Waals surface area contributed by atoms with Gasteiger partial charge >= 0.3 is 0 Å². The number of nitrogens with one attached hydrogen (secondary N) is 1. The normalized spacial score (nSPS) is 18.6. The van der Waals surface area contributed by atoms with Crippen LogP contribution >= 0.6 is 35.3 Å². The molecule has 15 heavy (non-hydrogen) atoms. The molecule has 2 rings (SSSR count). The van der Waals surface area contributed by atoms with Crippen molar-refractivity contribution in [3.63, 3.8) is 0 Å². The molecule has 1 amide bonds. The van der Waals surface area contributed by atoms with E-state index >= 15 is 0 Å². The second-order valence-electron chi connectivity index (χ2n) is 3.15. The summed E-state index contributed by atoms with van der Waals surface area (Å²) in [5.74, 6) is 0.483. The number of carbonyl (C=O) groups excluding carboxylic acids is 1. The summed E-state index contributed by atoms with van der Waals surface area (Å²) in [6.45, 7) is 2.02. The molecule has 0 radical (unpaired) electrons. The summed E-state index contributed by atoms with van der Waals surface area (Å²) in [6.07, 6.45) is 0. The molecule has 0 aliphatic carbocycles. The van der Waals surface area contributed by atoms with Crippen LogP contribution in [0.25, 0.3) is 0 Å². The Morgan fingerprint density at radius 2 is 2.47 bits per heavy atom. The van der Waals surface area contributed by atoms with Crippen molar-refractivity contribution in [2.75, 3.05) is 5.75 Å². The molecule has 6 heteroatoms. The highest BCUT2D eigenvalue weighted by Crippen LogP contribution is 2.22. The number of nitrogens with zero attached hydrogens (tertiary/aromatic N) is 1. The minimum atomic E-state index is 0.0356. The molecule has 3 nitrogen and oxygen atoms in total. The number of thiophene rings is 1. The van der Waals surface area contributed by atoms with Crippen LogP contribution in [0.2, 0.25) is 0 Å². The van der Waals surface area contributed by atoms with Crippen molar-refractivity contribution < 1.29 is 4.79 Å². The van der Waals surface area contributed by atoms with Crippen LogP contribution in [0.4, 0.5) is 0 Å². The Hall–Kier alpha value is -0.430. The van der Waals surface area contributed by atoms with E-state index in [1.165, 1.54) is 21.6 Å². The largest absolute Gasteiger partial charge is 0.272 e.